The molecular weight excluding hydrogens is 643 g/mol. The van der Waals surface area contributed by atoms with Gasteiger partial charge in [0, 0.05) is 28.2 Å². The van der Waals surface area contributed by atoms with E-state index in [1.807, 2.05) is 0 Å². The SMILES string of the molecule is C1=CC(c2ccc(N(c3ccc4c(c3)C3(c5ccccc5Oc5ccccc53)c3c-4ccc4ccccc34)c3cccc4c3CCC=C4)cc2)=CCC1. The normalized spacial score (nSPS) is 15.5. The Labute approximate surface area is 310 Å². The van der Waals surface area contributed by atoms with Crippen LogP contribution in [0, 0.1) is 0 Å². The van der Waals surface area contributed by atoms with Gasteiger partial charge in [0.2, 0.25) is 0 Å². The summed E-state index contributed by atoms with van der Waals surface area (Å²) in [6, 6.07) is 54.0. The number of benzene rings is 7. The Bertz CT molecular complexity index is 2660. The number of rotatable bonds is 4. The fourth-order valence-electron chi connectivity index (χ4n) is 9.53. The third-order valence-electron chi connectivity index (χ3n) is 11.8. The molecule has 0 amide bonds. The van der Waals surface area contributed by atoms with Crippen molar-refractivity contribution in [1.29, 1.82) is 0 Å². The summed E-state index contributed by atoms with van der Waals surface area (Å²) < 4.78 is 6.72. The minimum atomic E-state index is -0.582. The zero-order valence-electron chi connectivity index (χ0n) is 29.4. The standard InChI is InChI=1S/C51H37NO/c1-2-13-34(14-3-1)35-25-28-38(29-26-35)52(47-22-12-17-36-15-4-6-18-40(36)47)39-30-32-42-43-31-27-37-16-5-7-19-41(37)50(43)51(46(42)33-39)44-20-8-10-23-48(44)53-49-24-11-9-21-45(49)51/h2,4-5,7-17,19-33H,1,3,6,18H2. The summed E-state index contributed by atoms with van der Waals surface area (Å²) in [5.74, 6) is 1.82. The molecular formula is C51H37NO. The molecule has 0 unspecified atom stereocenters. The molecule has 7 aromatic carbocycles. The van der Waals surface area contributed by atoms with Gasteiger partial charge in [-0.15, -0.1) is 0 Å². The van der Waals surface area contributed by atoms with Crippen molar-refractivity contribution in [2.45, 2.75) is 31.1 Å². The molecule has 2 nitrogen and oxygen atoms in total. The molecule has 4 aliphatic rings. The molecule has 1 spiro atoms. The highest BCUT2D eigenvalue weighted by molar-refractivity contribution is 6.02. The topological polar surface area (TPSA) is 12.5 Å². The van der Waals surface area contributed by atoms with Crippen molar-refractivity contribution in [2.24, 2.45) is 0 Å². The average molecular weight is 680 g/mol. The van der Waals surface area contributed by atoms with Crippen LogP contribution in [0.1, 0.15) is 58.2 Å². The number of allylic oxidation sites excluding steroid dienone is 5. The van der Waals surface area contributed by atoms with Crippen LogP contribution in [0.4, 0.5) is 17.1 Å². The first-order valence-electron chi connectivity index (χ1n) is 18.9. The quantitative estimate of drug-likeness (QED) is 0.184. The number of hydrogen-bond acceptors (Lipinski definition) is 2. The minimum absolute atomic E-state index is 0.582. The second-order valence-corrected chi connectivity index (χ2v) is 14.6. The molecule has 0 N–H and O–H groups in total. The number of ether oxygens (including phenoxy) is 1. The van der Waals surface area contributed by atoms with Crippen LogP contribution < -0.4 is 9.64 Å². The molecule has 0 saturated heterocycles. The van der Waals surface area contributed by atoms with E-state index in [1.165, 1.54) is 72.1 Å². The van der Waals surface area contributed by atoms with Gasteiger partial charge in [-0.25, -0.2) is 0 Å². The van der Waals surface area contributed by atoms with Gasteiger partial charge in [0.25, 0.3) is 0 Å². The van der Waals surface area contributed by atoms with Gasteiger partial charge in [-0.1, -0.05) is 134 Å². The Morgan fingerprint density at radius 2 is 1.28 bits per heavy atom. The predicted octanol–water partition coefficient (Wildman–Crippen LogP) is 13.5. The lowest BCUT2D eigenvalue weighted by Crippen LogP contribution is -2.32. The second kappa shape index (κ2) is 11.8. The van der Waals surface area contributed by atoms with Crippen molar-refractivity contribution in [2.75, 3.05) is 4.90 Å². The molecule has 53 heavy (non-hydrogen) atoms. The summed E-state index contributed by atoms with van der Waals surface area (Å²) in [6.07, 6.45) is 15.8. The molecule has 0 aromatic heterocycles. The van der Waals surface area contributed by atoms with E-state index >= 15 is 0 Å². The molecule has 2 heteroatoms. The third-order valence-corrected chi connectivity index (χ3v) is 11.8. The molecule has 0 radical (unpaired) electrons. The highest BCUT2D eigenvalue weighted by Crippen LogP contribution is 2.64. The molecule has 1 aliphatic heterocycles. The number of nitrogens with zero attached hydrogens (tertiary/aromatic N) is 1. The van der Waals surface area contributed by atoms with Crippen LogP contribution in [-0.2, 0) is 11.8 Å². The van der Waals surface area contributed by atoms with E-state index in [-0.39, 0.29) is 0 Å². The van der Waals surface area contributed by atoms with E-state index in [4.69, 9.17) is 4.74 Å². The number of hydrogen-bond donors (Lipinski definition) is 0. The van der Waals surface area contributed by atoms with Crippen molar-refractivity contribution < 1.29 is 4.74 Å². The fraction of sp³-hybridized carbons (Fsp3) is 0.0980. The van der Waals surface area contributed by atoms with Gasteiger partial charge in [-0.3, -0.25) is 0 Å². The molecule has 252 valence electrons. The Hall–Kier alpha value is -6.38. The number of anilines is 3. The molecule has 0 saturated carbocycles. The monoisotopic (exact) mass is 679 g/mol. The summed E-state index contributed by atoms with van der Waals surface area (Å²) in [7, 11) is 0. The van der Waals surface area contributed by atoms with Crippen LogP contribution >= 0.6 is 0 Å². The number of para-hydroxylation sites is 2. The van der Waals surface area contributed by atoms with Crippen LogP contribution in [0.2, 0.25) is 0 Å². The van der Waals surface area contributed by atoms with E-state index < -0.39 is 5.41 Å². The van der Waals surface area contributed by atoms with Gasteiger partial charge < -0.3 is 9.64 Å². The van der Waals surface area contributed by atoms with Gasteiger partial charge in [0.1, 0.15) is 11.5 Å². The van der Waals surface area contributed by atoms with Crippen LogP contribution in [0.5, 0.6) is 11.5 Å². The van der Waals surface area contributed by atoms with Crippen molar-refractivity contribution in [3.8, 4) is 22.6 Å². The van der Waals surface area contributed by atoms with Gasteiger partial charge in [0.15, 0.2) is 0 Å². The van der Waals surface area contributed by atoms with Crippen LogP contribution in [0.3, 0.4) is 0 Å². The van der Waals surface area contributed by atoms with Gasteiger partial charge >= 0.3 is 0 Å². The molecule has 11 rings (SSSR count). The average Bonchev–Trinajstić information content (AvgIpc) is 3.52. The van der Waals surface area contributed by atoms with Gasteiger partial charge in [-0.05, 0) is 123 Å². The molecule has 3 aliphatic carbocycles. The highest BCUT2D eigenvalue weighted by atomic mass is 16.5. The first kappa shape index (κ1) is 30.3. The molecule has 0 bridgehead atoms. The van der Waals surface area contributed by atoms with Crippen molar-refractivity contribution in [3.63, 3.8) is 0 Å². The second-order valence-electron chi connectivity index (χ2n) is 14.6. The molecule has 7 aromatic rings. The maximum Gasteiger partial charge on any atom is 0.132 e. The Morgan fingerprint density at radius 1 is 0.547 bits per heavy atom. The van der Waals surface area contributed by atoms with Crippen molar-refractivity contribution >= 4 is 39.5 Å². The summed E-state index contributed by atoms with van der Waals surface area (Å²) in [6.45, 7) is 0. The van der Waals surface area contributed by atoms with Gasteiger partial charge in [-0.2, -0.15) is 0 Å². The minimum Gasteiger partial charge on any atom is -0.457 e. The van der Waals surface area contributed by atoms with Gasteiger partial charge in [0.05, 0.1) is 5.41 Å². The van der Waals surface area contributed by atoms with Crippen molar-refractivity contribution in [3.05, 3.63) is 209 Å². The zero-order chi connectivity index (χ0) is 34.9. The van der Waals surface area contributed by atoms with Crippen LogP contribution in [0.25, 0.3) is 33.5 Å². The maximum absolute atomic E-state index is 6.72. The predicted molar refractivity (Wildman–Crippen MR) is 220 cm³/mol. The van der Waals surface area contributed by atoms with Crippen LogP contribution in [0.15, 0.2) is 170 Å². The first-order chi connectivity index (χ1) is 26.3. The van der Waals surface area contributed by atoms with E-state index in [0.717, 1.165) is 48.6 Å². The highest BCUT2D eigenvalue weighted by Gasteiger charge is 2.52. The van der Waals surface area contributed by atoms with E-state index in [2.05, 4.69) is 181 Å². The summed E-state index contributed by atoms with van der Waals surface area (Å²) in [5, 5.41) is 2.52. The van der Waals surface area contributed by atoms with E-state index in [0.29, 0.717) is 0 Å². The van der Waals surface area contributed by atoms with Crippen LogP contribution in [-0.4, -0.2) is 0 Å². The summed E-state index contributed by atoms with van der Waals surface area (Å²) in [4.78, 5) is 2.50. The summed E-state index contributed by atoms with van der Waals surface area (Å²) in [5.41, 5.74) is 15.7. The molecule has 1 heterocycles. The maximum atomic E-state index is 6.72. The fourth-order valence-corrected chi connectivity index (χ4v) is 9.53. The molecule has 0 fully saturated rings. The molecule has 0 atom stereocenters. The smallest absolute Gasteiger partial charge is 0.132 e. The summed E-state index contributed by atoms with van der Waals surface area (Å²) >= 11 is 0. The zero-order valence-corrected chi connectivity index (χ0v) is 29.4. The lowest BCUT2D eigenvalue weighted by atomic mass is 9.65. The Morgan fingerprint density at radius 3 is 2.09 bits per heavy atom. The first-order valence-corrected chi connectivity index (χ1v) is 18.9. The number of fused-ring (bicyclic) bond motifs is 12. The lowest BCUT2D eigenvalue weighted by Gasteiger charge is -2.40. The lowest BCUT2D eigenvalue weighted by molar-refractivity contribution is 0.437. The van der Waals surface area contributed by atoms with Crippen molar-refractivity contribution in [1.82, 2.24) is 0 Å². The Kier molecular flexibility index (Phi) is 6.76. The Balaban J connectivity index is 1.20. The van der Waals surface area contributed by atoms with E-state index in [1.54, 1.807) is 0 Å². The van der Waals surface area contributed by atoms with E-state index in [9.17, 15) is 0 Å². The third kappa shape index (κ3) is 4.45. The largest absolute Gasteiger partial charge is 0.457 e.